The van der Waals surface area contributed by atoms with Gasteiger partial charge in [0, 0.05) is 41.4 Å². The highest BCUT2D eigenvalue weighted by Crippen LogP contribution is 2.45. The van der Waals surface area contributed by atoms with Crippen LogP contribution in [-0.2, 0) is 4.79 Å². The van der Waals surface area contributed by atoms with Crippen LogP contribution in [0.2, 0.25) is 0 Å². The number of aromatic amines is 1. The number of H-pyrrole nitrogens is 1. The number of β-amino-alcohol motifs (C(OH)–C–C–N with tert-alkyl or cyclic N) is 1. The molecular weight excluding hydrogens is 450 g/mol. The molecule has 4 heterocycles. The van der Waals surface area contributed by atoms with E-state index in [-0.39, 0.29) is 5.91 Å². The molecule has 1 aliphatic carbocycles. The van der Waals surface area contributed by atoms with Crippen LogP contribution in [0.25, 0.3) is 0 Å². The normalized spacial score (nSPS) is 19.4. The molecule has 3 aliphatic rings. The SMILES string of the molecule is Cc1cc(Nc2cc(N3CC(O)(C4CC4)C3)nc(Sc3ccc(N4CCCC4=O)cc3)n2)n[nH]1. The molecule has 34 heavy (non-hydrogen) atoms. The summed E-state index contributed by atoms with van der Waals surface area (Å²) < 4.78 is 0. The Kier molecular flexibility index (Phi) is 5.22. The Morgan fingerprint density at radius 2 is 1.94 bits per heavy atom. The number of hydrogen-bond donors (Lipinski definition) is 3. The van der Waals surface area contributed by atoms with Gasteiger partial charge in [0.05, 0.1) is 13.1 Å². The Morgan fingerprint density at radius 1 is 1.15 bits per heavy atom. The monoisotopic (exact) mass is 477 g/mol. The third-order valence-electron chi connectivity index (χ3n) is 6.68. The standard InChI is InChI=1S/C24H27N7O2S/c1-15-11-20(29-28-15)25-19-12-21(30-13-24(33,14-30)16-4-5-16)27-23(26-19)34-18-8-6-17(7-9-18)31-10-2-3-22(31)32/h6-9,11-12,16,33H,2-5,10,13-14H2,1H3,(H2,25,26,27,28,29). The van der Waals surface area contributed by atoms with Crippen LogP contribution in [0.3, 0.4) is 0 Å². The van der Waals surface area contributed by atoms with Crippen molar-refractivity contribution >= 4 is 40.8 Å². The van der Waals surface area contributed by atoms with Crippen LogP contribution in [0, 0.1) is 12.8 Å². The lowest BCUT2D eigenvalue weighted by molar-refractivity contribution is -0.117. The molecule has 1 amide bonds. The Labute approximate surface area is 202 Å². The second kappa shape index (κ2) is 8.28. The molecule has 2 saturated heterocycles. The van der Waals surface area contributed by atoms with Gasteiger partial charge in [-0.1, -0.05) is 0 Å². The van der Waals surface area contributed by atoms with E-state index in [1.54, 1.807) is 0 Å². The van der Waals surface area contributed by atoms with E-state index in [4.69, 9.17) is 9.97 Å². The second-order valence-electron chi connectivity index (χ2n) is 9.43. The van der Waals surface area contributed by atoms with E-state index in [1.807, 2.05) is 48.2 Å². The molecule has 3 fully saturated rings. The van der Waals surface area contributed by atoms with Gasteiger partial charge in [-0.3, -0.25) is 9.89 Å². The smallest absolute Gasteiger partial charge is 0.227 e. The summed E-state index contributed by atoms with van der Waals surface area (Å²) in [7, 11) is 0. The summed E-state index contributed by atoms with van der Waals surface area (Å²) in [5.41, 5.74) is 1.30. The van der Waals surface area contributed by atoms with Gasteiger partial charge in [0.2, 0.25) is 5.91 Å². The summed E-state index contributed by atoms with van der Waals surface area (Å²) in [5.74, 6) is 2.74. The van der Waals surface area contributed by atoms with Gasteiger partial charge in [0.1, 0.15) is 17.2 Å². The number of amides is 1. The quantitative estimate of drug-likeness (QED) is 0.444. The molecule has 10 heteroatoms. The lowest BCUT2D eigenvalue weighted by Crippen LogP contribution is -2.63. The van der Waals surface area contributed by atoms with Crippen molar-refractivity contribution in [3.63, 3.8) is 0 Å². The predicted molar refractivity (Wildman–Crippen MR) is 131 cm³/mol. The number of nitrogens with zero attached hydrogens (tertiary/aromatic N) is 5. The van der Waals surface area contributed by atoms with Gasteiger partial charge in [0.25, 0.3) is 0 Å². The van der Waals surface area contributed by atoms with Crippen molar-refractivity contribution in [2.75, 3.05) is 34.8 Å². The van der Waals surface area contributed by atoms with E-state index in [9.17, 15) is 9.90 Å². The number of aryl methyl sites for hydroxylation is 1. The molecule has 3 aromatic rings. The fourth-order valence-corrected chi connectivity index (χ4v) is 5.44. The molecular formula is C24H27N7O2S. The van der Waals surface area contributed by atoms with Crippen molar-refractivity contribution in [2.45, 2.75) is 48.3 Å². The first-order valence-electron chi connectivity index (χ1n) is 11.7. The fourth-order valence-electron chi connectivity index (χ4n) is 4.67. The zero-order valence-corrected chi connectivity index (χ0v) is 19.8. The highest BCUT2D eigenvalue weighted by molar-refractivity contribution is 7.99. The van der Waals surface area contributed by atoms with Gasteiger partial charge >= 0.3 is 0 Å². The number of anilines is 4. The van der Waals surface area contributed by atoms with E-state index in [2.05, 4.69) is 20.4 Å². The maximum Gasteiger partial charge on any atom is 0.227 e. The second-order valence-corrected chi connectivity index (χ2v) is 10.5. The van der Waals surface area contributed by atoms with Crippen molar-refractivity contribution in [2.24, 2.45) is 5.92 Å². The van der Waals surface area contributed by atoms with Gasteiger partial charge in [-0.15, -0.1) is 0 Å². The average Bonchev–Trinajstić information content (AvgIpc) is 3.45. The van der Waals surface area contributed by atoms with Crippen LogP contribution in [-0.4, -0.2) is 56.4 Å². The number of benzene rings is 1. The Morgan fingerprint density at radius 3 is 2.59 bits per heavy atom. The zero-order valence-electron chi connectivity index (χ0n) is 19.0. The molecule has 9 nitrogen and oxygen atoms in total. The number of nitrogens with one attached hydrogen (secondary N) is 2. The summed E-state index contributed by atoms with van der Waals surface area (Å²) >= 11 is 1.47. The molecule has 2 aromatic heterocycles. The maximum atomic E-state index is 12.0. The van der Waals surface area contributed by atoms with Crippen molar-refractivity contribution in [3.8, 4) is 0 Å². The third kappa shape index (κ3) is 4.23. The number of aromatic nitrogens is 4. The summed E-state index contributed by atoms with van der Waals surface area (Å²) in [6, 6.07) is 11.8. The summed E-state index contributed by atoms with van der Waals surface area (Å²) in [5, 5.41) is 21.8. The lowest BCUT2D eigenvalue weighted by atomic mass is 9.89. The number of carbonyl (C=O) groups excluding carboxylic acids is 1. The summed E-state index contributed by atoms with van der Waals surface area (Å²) in [4.78, 5) is 26.5. The van der Waals surface area contributed by atoms with Crippen molar-refractivity contribution in [1.29, 1.82) is 0 Å². The molecule has 6 rings (SSSR count). The maximum absolute atomic E-state index is 12.0. The zero-order chi connectivity index (χ0) is 23.3. The minimum atomic E-state index is -0.589. The van der Waals surface area contributed by atoms with Crippen LogP contribution < -0.4 is 15.1 Å². The van der Waals surface area contributed by atoms with E-state index in [0.29, 0.717) is 42.2 Å². The average molecular weight is 478 g/mol. The molecule has 0 spiro atoms. The Balaban J connectivity index is 1.23. The number of aliphatic hydroxyl groups is 1. The molecule has 176 valence electrons. The van der Waals surface area contributed by atoms with Crippen LogP contribution in [0.4, 0.5) is 23.1 Å². The van der Waals surface area contributed by atoms with Crippen LogP contribution in [0.1, 0.15) is 31.4 Å². The molecule has 0 unspecified atom stereocenters. The highest BCUT2D eigenvalue weighted by Gasteiger charge is 2.52. The molecule has 3 N–H and O–H groups in total. The van der Waals surface area contributed by atoms with Crippen molar-refractivity contribution in [1.82, 2.24) is 20.2 Å². The first kappa shape index (κ1) is 21.4. The summed E-state index contributed by atoms with van der Waals surface area (Å²) in [6.45, 7) is 3.92. The van der Waals surface area contributed by atoms with Gasteiger partial charge in [-0.25, -0.2) is 9.97 Å². The van der Waals surface area contributed by atoms with E-state index in [0.717, 1.165) is 47.9 Å². The van der Waals surface area contributed by atoms with E-state index in [1.165, 1.54) is 11.8 Å². The Hall–Kier alpha value is -3.11. The lowest BCUT2D eigenvalue weighted by Gasteiger charge is -2.47. The highest BCUT2D eigenvalue weighted by atomic mass is 32.2. The third-order valence-corrected chi connectivity index (χ3v) is 7.55. The van der Waals surface area contributed by atoms with Crippen LogP contribution in [0.5, 0.6) is 0 Å². The minimum absolute atomic E-state index is 0.182. The molecule has 0 bridgehead atoms. The molecule has 1 aromatic carbocycles. The number of rotatable bonds is 7. The Bertz CT molecular complexity index is 1220. The first-order chi connectivity index (χ1) is 16.4. The fraction of sp³-hybridized carbons (Fsp3) is 0.417. The largest absolute Gasteiger partial charge is 0.386 e. The predicted octanol–water partition coefficient (Wildman–Crippen LogP) is 3.49. The van der Waals surface area contributed by atoms with Crippen molar-refractivity contribution in [3.05, 3.63) is 42.1 Å². The summed E-state index contributed by atoms with van der Waals surface area (Å²) in [6.07, 6.45) is 3.75. The number of carbonyl (C=O) groups is 1. The van der Waals surface area contributed by atoms with Crippen LogP contribution >= 0.6 is 11.8 Å². The molecule has 0 atom stereocenters. The van der Waals surface area contributed by atoms with Crippen molar-refractivity contribution < 1.29 is 9.90 Å². The van der Waals surface area contributed by atoms with Gasteiger partial charge < -0.3 is 20.2 Å². The van der Waals surface area contributed by atoms with E-state index < -0.39 is 5.60 Å². The van der Waals surface area contributed by atoms with Gasteiger partial charge in [-0.2, -0.15) is 5.10 Å². The molecule has 0 radical (unpaired) electrons. The first-order valence-corrected chi connectivity index (χ1v) is 12.5. The van der Waals surface area contributed by atoms with E-state index >= 15 is 0 Å². The van der Waals surface area contributed by atoms with Gasteiger partial charge in [0.15, 0.2) is 11.0 Å². The minimum Gasteiger partial charge on any atom is -0.386 e. The topological polar surface area (TPSA) is 110 Å². The van der Waals surface area contributed by atoms with Gasteiger partial charge in [-0.05, 0) is 68.1 Å². The number of hydrogen-bond acceptors (Lipinski definition) is 8. The molecule has 1 saturated carbocycles. The van der Waals surface area contributed by atoms with Crippen LogP contribution in [0.15, 0.2) is 46.5 Å². The molecule has 2 aliphatic heterocycles.